The van der Waals surface area contributed by atoms with Crippen molar-refractivity contribution < 1.29 is 22.7 Å². The zero-order valence-electron chi connectivity index (χ0n) is 24.5. The van der Waals surface area contributed by atoms with Crippen LogP contribution in [-0.2, 0) is 17.5 Å². The molecule has 0 radical (unpaired) electrons. The zero-order chi connectivity index (χ0) is 30.8. The van der Waals surface area contributed by atoms with Crippen LogP contribution in [0.5, 0.6) is 5.75 Å². The van der Waals surface area contributed by atoms with Gasteiger partial charge < -0.3 is 10.1 Å². The van der Waals surface area contributed by atoms with Crippen molar-refractivity contribution >= 4 is 5.91 Å². The molecule has 4 aromatic rings. The van der Waals surface area contributed by atoms with E-state index in [9.17, 15) is 18.0 Å². The lowest BCUT2D eigenvalue weighted by atomic mass is 9.82. The molecule has 0 spiro atoms. The van der Waals surface area contributed by atoms with Crippen LogP contribution in [0.25, 0.3) is 5.69 Å². The lowest BCUT2D eigenvalue weighted by molar-refractivity contribution is -0.146. The molecule has 2 saturated heterocycles. The van der Waals surface area contributed by atoms with Crippen LogP contribution in [0.4, 0.5) is 13.2 Å². The molecule has 0 unspecified atom stereocenters. The Balaban J connectivity index is 1.36. The van der Waals surface area contributed by atoms with Crippen molar-refractivity contribution in [3.05, 3.63) is 101 Å². The molecule has 230 valence electrons. The molecule has 1 amide bonds. The fourth-order valence-electron chi connectivity index (χ4n) is 6.84. The standard InChI is InChI=1S/C32H34F3N7O2/c1-21(43)36-25-16-27-19-40(17-24-15-26(13-14-29(24)44-2)42-31(32(33,34)35)37-38-39-42)20-28(41(27)18-25)30(22-9-5-3-6-10-22)23-11-7-4-8-12-23/h3-15,25,27-28,30H,16-20H2,1-2H3,(H,36,43)/t25-,27+,28+/m1/s1. The Hall–Kier alpha value is -4.29. The molecule has 2 aliphatic rings. The number of hydrogen-bond acceptors (Lipinski definition) is 7. The lowest BCUT2D eigenvalue weighted by Gasteiger charge is -2.47. The molecule has 6 rings (SSSR count). The number of nitrogens with zero attached hydrogens (tertiary/aromatic N) is 6. The SMILES string of the molecule is COc1ccc(-n2nnnc2C(F)(F)F)cc1CN1C[C@@H]2C[C@@H](NC(C)=O)CN2[C@H](C(c2ccccc2)c2ccccc2)C1. The van der Waals surface area contributed by atoms with E-state index in [1.54, 1.807) is 26.2 Å². The van der Waals surface area contributed by atoms with E-state index in [-0.39, 0.29) is 35.6 Å². The maximum absolute atomic E-state index is 13.6. The number of piperazine rings is 1. The minimum atomic E-state index is -4.70. The zero-order valence-corrected chi connectivity index (χ0v) is 24.5. The first-order valence-electron chi connectivity index (χ1n) is 14.6. The second kappa shape index (κ2) is 12.4. The number of ether oxygens (including phenoxy) is 1. The second-order valence-electron chi connectivity index (χ2n) is 11.5. The van der Waals surface area contributed by atoms with Gasteiger partial charge in [-0.05, 0) is 46.2 Å². The van der Waals surface area contributed by atoms with Crippen molar-refractivity contribution in [2.45, 2.75) is 50.1 Å². The van der Waals surface area contributed by atoms with Crippen molar-refractivity contribution in [1.29, 1.82) is 0 Å². The van der Waals surface area contributed by atoms with Crippen LogP contribution in [0.1, 0.15) is 41.8 Å². The Kier molecular flexibility index (Phi) is 8.37. The highest BCUT2D eigenvalue weighted by molar-refractivity contribution is 5.73. The Bertz CT molecular complexity index is 1540. The summed E-state index contributed by atoms with van der Waals surface area (Å²) in [5, 5.41) is 13.2. The maximum atomic E-state index is 13.6. The highest BCUT2D eigenvalue weighted by atomic mass is 19.4. The molecule has 3 aromatic carbocycles. The third-order valence-electron chi connectivity index (χ3n) is 8.53. The number of methoxy groups -OCH3 is 1. The van der Waals surface area contributed by atoms with E-state index in [1.165, 1.54) is 17.2 Å². The van der Waals surface area contributed by atoms with Gasteiger partial charge in [0.05, 0.1) is 12.8 Å². The van der Waals surface area contributed by atoms with Gasteiger partial charge in [0.25, 0.3) is 5.82 Å². The predicted molar refractivity (Wildman–Crippen MR) is 157 cm³/mol. The first-order valence-corrected chi connectivity index (χ1v) is 14.6. The van der Waals surface area contributed by atoms with E-state index in [4.69, 9.17) is 4.74 Å². The topological polar surface area (TPSA) is 88.4 Å². The highest BCUT2D eigenvalue weighted by Crippen LogP contribution is 2.39. The van der Waals surface area contributed by atoms with Gasteiger partial charge in [0.1, 0.15) is 5.75 Å². The van der Waals surface area contributed by atoms with Gasteiger partial charge in [-0.2, -0.15) is 17.9 Å². The molecule has 1 aromatic heterocycles. The van der Waals surface area contributed by atoms with E-state index < -0.39 is 12.0 Å². The summed E-state index contributed by atoms with van der Waals surface area (Å²) in [4.78, 5) is 16.9. The molecule has 2 aliphatic heterocycles. The van der Waals surface area contributed by atoms with Crippen LogP contribution in [-0.4, -0.2) is 80.8 Å². The Morgan fingerprint density at radius 1 is 1.00 bits per heavy atom. The van der Waals surface area contributed by atoms with E-state index in [2.05, 4.69) is 79.2 Å². The van der Waals surface area contributed by atoms with E-state index >= 15 is 0 Å². The van der Waals surface area contributed by atoms with Gasteiger partial charge in [-0.15, -0.1) is 5.10 Å². The van der Waals surface area contributed by atoms with Crippen LogP contribution in [0, 0.1) is 0 Å². The smallest absolute Gasteiger partial charge is 0.453 e. The van der Waals surface area contributed by atoms with E-state index in [0.29, 0.717) is 23.5 Å². The number of alkyl halides is 3. The third kappa shape index (κ3) is 6.18. The van der Waals surface area contributed by atoms with Crippen LogP contribution in [0.2, 0.25) is 0 Å². The molecular formula is C32H34F3N7O2. The molecule has 2 fully saturated rings. The average Bonchev–Trinajstić information content (AvgIpc) is 3.66. The summed E-state index contributed by atoms with van der Waals surface area (Å²) in [6.07, 6.45) is -3.90. The van der Waals surface area contributed by atoms with Crippen molar-refractivity contribution in [1.82, 2.24) is 35.3 Å². The van der Waals surface area contributed by atoms with E-state index in [0.717, 1.165) is 25.1 Å². The predicted octanol–water partition coefficient (Wildman–Crippen LogP) is 4.29. The average molecular weight is 606 g/mol. The van der Waals surface area contributed by atoms with Gasteiger partial charge in [0, 0.05) is 62.7 Å². The largest absolute Gasteiger partial charge is 0.496 e. The minimum absolute atomic E-state index is 0.0330. The van der Waals surface area contributed by atoms with Crippen molar-refractivity contribution in [3.8, 4) is 11.4 Å². The van der Waals surface area contributed by atoms with Crippen LogP contribution < -0.4 is 10.1 Å². The molecule has 0 aliphatic carbocycles. The molecule has 0 saturated carbocycles. The molecule has 3 atom stereocenters. The van der Waals surface area contributed by atoms with Crippen molar-refractivity contribution in [2.75, 3.05) is 26.7 Å². The number of carbonyl (C=O) groups excluding carboxylic acids is 1. The number of rotatable bonds is 8. The van der Waals surface area contributed by atoms with Gasteiger partial charge >= 0.3 is 6.18 Å². The Morgan fingerprint density at radius 2 is 1.68 bits per heavy atom. The Labute approximate surface area is 253 Å². The summed E-state index contributed by atoms with van der Waals surface area (Å²) in [7, 11) is 1.55. The molecule has 1 N–H and O–H groups in total. The first-order chi connectivity index (χ1) is 21.2. The monoisotopic (exact) mass is 605 g/mol. The number of fused-ring (bicyclic) bond motifs is 1. The quantitative estimate of drug-likeness (QED) is 0.321. The van der Waals surface area contributed by atoms with Crippen molar-refractivity contribution in [3.63, 3.8) is 0 Å². The summed E-state index contributed by atoms with van der Waals surface area (Å²) in [6, 6.07) is 26.0. The van der Waals surface area contributed by atoms with Gasteiger partial charge in [-0.3, -0.25) is 14.6 Å². The molecule has 12 heteroatoms. The molecule has 3 heterocycles. The number of aromatic nitrogens is 4. The summed E-state index contributed by atoms with van der Waals surface area (Å²) in [5.41, 5.74) is 3.33. The van der Waals surface area contributed by atoms with Gasteiger partial charge in [0.2, 0.25) is 5.91 Å². The Morgan fingerprint density at radius 3 is 2.30 bits per heavy atom. The highest BCUT2D eigenvalue weighted by Gasteiger charge is 2.45. The maximum Gasteiger partial charge on any atom is 0.453 e. The van der Waals surface area contributed by atoms with Gasteiger partial charge in [-0.1, -0.05) is 60.7 Å². The van der Waals surface area contributed by atoms with E-state index in [1.807, 2.05) is 12.1 Å². The number of halogens is 3. The molecular weight excluding hydrogens is 571 g/mol. The number of nitrogens with one attached hydrogen (secondary N) is 1. The van der Waals surface area contributed by atoms with Gasteiger partial charge in [-0.25, -0.2) is 0 Å². The van der Waals surface area contributed by atoms with Crippen LogP contribution in [0.3, 0.4) is 0 Å². The number of benzene rings is 3. The summed E-state index contributed by atoms with van der Waals surface area (Å²) >= 11 is 0. The summed E-state index contributed by atoms with van der Waals surface area (Å²) in [5.74, 6) is -0.610. The molecule has 9 nitrogen and oxygen atoms in total. The fourth-order valence-corrected chi connectivity index (χ4v) is 6.84. The summed E-state index contributed by atoms with van der Waals surface area (Å²) in [6.45, 7) is 4.17. The number of tetrazole rings is 1. The van der Waals surface area contributed by atoms with Crippen LogP contribution >= 0.6 is 0 Å². The number of hydrogen-bond donors (Lipinski definition) is 1. The minimum Gasteiger partial charge on any atom is -0.496 e. The van der Waals surface area contributed by atoms with Gasteiger partial charge in [0.15, 0.2) is 0 Å². The second-order valence-corrected chi connectivity index (χ2v) is 11.5. The number of carbonyl (C=O) groups is 1. The molecule has 44 heavy (non-hydrogen) atoms. The molecule has 0 bridgehead atoms. The van der Waals surface area contributed by atoms with Crippen molar-refractivity contribution in [2.24, 2.45) is 0 Å². The fraction of sp³-hybridized carbons (Fsp3) is 0.375. The number of amides is 1. The third-order valence-corrected chi connectivity index (χ3v) is 8.53. The normalized spacial score (nSPS) is 20.9. The van der Waals surface area contributed by atoms with Crippen LogP contribution in [0.15, 0.2) is 78.9 Å². The first kappa shape index (κ1) is 29.8. The lowest BCUT2D eigenvalue weighted by Crippen LogP contribution is -2.58. The summed E-state index contributed by atoms with van der Waals surface area (Å²) < 4.78 is 47.1.